The Kier molecular flexibility index (Phi) is 4.95. The summed E-state index contributed by atoms with van der Waals surface area (Å²) >= 11 is 0. The Morgan fingerprint density at radius 2 is 1.95 bits per heavy atom. The molecule has 1 aromatic carbocycles. The fraction of sp³-hybridized carbons (Fsp3) is 0.467. The Bertz CT molecular complexity index is 415. The number of benzene rings is 1. The third-order valence-corrected chi connectivity index (χ3v) is 3.46. The van der Waals surface area contributed by atoms with Crippen molar-refractivity contribution in [1.29, 1.82) is 0 Å². The molecule has 0 amide bonds. The van der Waals surface area contributed by atoms with Gasteiger partial charge < -0.3 is 9.47 Å². The van der Waals surface area contributed by atoms with Gasteiger partial charge in [0, 0.05) is 0 Å². The number of carbonyl (C=O) groups is 2. The molecule has 2 atom stereocenters. The molecular formula is C15H18O4. The molecule has 1 saturated carbocycles. The van der Waals surface area contributed by atoms with Gasteiger partial charge in [-0.05, 0) is 24.8 Å². The Morgan fingerprint density at radius 3 is 2.68 bits per heavy atom. The average Bonchev–Trinajstić information content (AvgIpc) is 2.47. The van der Waals surface area contributed by atoms with Crippen LogP contribution < -0.4 is 0 Å². The number of hydrogen-bond donors (Lipinski definition) is 0. The third kappa shape index (κ3) is 3.81. The molecule has 0 saturated heterocycles. The van der Waals surface area contributed by atoms with Gasteiger partial charge in [0.05, 0.1) is 5.92 Å². The van der Waals surface area contributed by atoms with E-state index in [1.807, 2.05) is 30.3 Å². The normalized spacial score (nSPS) is 22.5. The second-order valence-corrected chi connectivity index (χ2v) is 4.76. The lowest BCUT2D eigenvalue weighted by atomic mass is 9.86. The van der Waals surface area contributed by atoms with E-state index in [1.54, 1.807) is 0 Å². The van der Waals surface area contributed by atoms with Crippen molar-refractivity contribution in [3.63, 3.8) is 0 Å². The largest absolute Gasteiger partial charge is 0.464 e. The zero-order valence-electron chi connectivity index (χ0n) is 10.8. The first-order chi connectivity index (χ1) is 9.31. The lowest BCUT2D eigenvalue weighted by Gasteiger charge is -2.28. The minimum absolute atomic E-state index is 0.268. The molecule has 0 N–H and O–H groups in total. The van der Waals surface area contributed by atoms with Crippen molar-refractivity contribution in [1.82, 2.24) is 0 Å². The van der Waals surface area contributed by atoms with Crippen LogP contribution in [-0.4, -0.2) is 18.5 Å². The average molecular weight is 262 g/mol. The Labute approximate surface area is 112 Å². The van der Waals surface area contributed by atoms with Crippen LogP contribution in [0.5, 0.6) is 0 Å². The van der Waals surface area contributed by atoms with Gasteiger partial charge in [0.15, 0.2) is 0 Å². The molecule has 1 aliphatic carbocycles. The first-order valence-corrected chi connectivity index (χ1v) is 6.61. The molecule has 4 heteroatoms. The van der Waals surface area contributed by atoms with Gasteiger partial charge in [0.1, 0.15) is 12.7 Å². The molecule has 4 nitrogen and oxygen atoms in total. The van der Waals surface area contributed by atoms with E-state index in [2.05, 4.69) is 0 Å². The molecule has 0 heterocycles. The Balaban J connectivity index is 1.89. The van der Waals surface area contributed by atoms with Crippen molar-refractivity contribution in [2.75, 3.05) is 0 Å². The fourth-order valence-electron chi connectivity index (χ4n) is 2.44. The highest BCUT2D eigenvalue weighted by Crippen LogP contribution is 2.27. The highest BCUT2D eigenvalue weighted by atomic mass is 16.5. The molecule has 0 bridgehead atoms. The number of ether oxygens (including phenoxy) is 2. The SMILES string of the molecule is O=CO[C@@H]1CCCC[C@@H]1C(=O)OCc1ccccc1. The summed E-state index contributed by atoms with van der Waals surface area (Å²) in [6.45, 7) is 0.692. The van der Waals surface area contributed by atoms with E-state index in [-0.39, 0.29) is 24.6 Å². The second kappa shape index (κ2) is 6.92. The van der Waals surface area contributed by atoms with Gasteiger partial charge in [0.2, 0.25) is 0 Å². The highest BCUT2D eigenvalue weighted by molar-refractivity contribution is 5.73. The molecule has 0 aliphatic heterocycles. The van der Waals surface area contributed by atoms with Crippen LogP contribution in [-0.2, 0) is 25.7 Å². The van der Waals surface area contributed by atoms with Crippen LogP contribution in [0, 0.1) is 5.92 Å². The van der Waals surface area contributed by atoms with E-state index in [9.17, 15) is 9.59 Å². The number of esters is 1. The van der Waals surface area contributed by atoms with Gasteiger partial charge in [0.25, 0.3) is 6.47 Å². The number of hydrogen-bond acceptors (Lipinski definition) is 4. The molecule has 1 aliphatic rings. The highest BCUT2D eigenvalue weighted by Gasteiger charge is 2.33. The summed E-state index contributed by atoms with van der Waals surface area (Å²) in [4.78, 5) is 22.5. The molecule has 0 aromatic heterocycles. The van der Waals surface area contributed by atoms with Crippen LogP contribution in [0.1, 0.15) is 31.2 Å². The van der Waals surface area contributed by atoms with Crippen molar-refractivity contribution < 1.29 is 19.1 Å². The van der Waals surface area contributed by atoms with Gasteiger partial charge in [-0.2, -0.15) is 0 Å². The maximum atomic E-state index is 12.0. The first-order valence-electron chi connectivity index (χ1n) is 6.61. The molecule has 19 heavy (non-hydrogen) atoms. The summed E-state index contributed by atoms with van der Waals surface area (Å²) in [7, 11) is 0. The van der Waals surface area contributed by atoms with E-state index in [4.69, 9.17) is 9.47 Å². The standard InChI is InChI=1S/C15H18O4/c16-11-19-14-9-5-4-8-13(14)15(17)18-10-12-6-2-1-3-7-12/h1-3,6-7,11,13-14H,4-5,8-10H2/t13-,14+/m0/s1. The van der Waals surface area contributed by atoms with Crippen LogP contribution in [0.4, 0.5) is 0 Å². The molecule has 2 rings (SSSR count). The zero-order chi connectivity index (χ0) is 13.5. The van der Waals surface area contributed by atoms with Gasteiger partial charge in [-0.1, -0.05) is 36.8 Å². The summed E-state index contributed by atoms with van der Waals surface area (Å²) in [6, 6.07) is 9.55. The van der Waals surface area contributed by atoms with Gasteiger partial charge in [-0.3, -0.25) is 9.59 Å². The van der Waals surface area contributed by atoms with E-state index < -0.39 is 0 Å². The molecular weight excluding hydrogens is 244 g/mol. The first kappa shape index (κ1) is 13.6. The van der Waals surface area contributed by atoms with Crippen LogP contribution in [0.2, 0.25) is 0 Å². The summed E-state index contributed by atoms with van der Waals surface area (Å²) in [5.74, 6) is -0.585. The van der Waals surface area contributed by atoms with E-state index >= 15 is 0 Å². The van der Waals surface area contributed by atoms with Gasteiger partial charge in [-0.15, -0.1) is 0 Å². The van der Waals surface area contributed by atoms with E-state index in [0.717, 1.165) is 31.2 Å². The van der Waals surface area contributed by atoms with Gasteiger partial charge >= 0.3 is 5.97 Å². The van der Waals surface area contributed by atoms with Crippen molar-refractivity contribution >= 4 is 12.4 Å². The molecule has 1 aromatic rings. The van der Waals surface area contributed by atoms with Crippen LogP contribution >= 0.6 is 0 Å². The quantitative estimate of drug-likeness (QED) is 0.604. The zero-order valence-corrected chi connectivity index (χ0v) is 10.8. The maximum absolute atomic E-state index is 12.0. The van der Waals surface area contributed by atoms with Gasteiger partial charge in [-0.25, -0.2) is 0 Å². The molecule has 1 fully saturated rings. The number of carbonyl (C=O) groups excluding carboxylic acids is 2. The Hall–Kier alpha value is -1.84. The second-order valence-electron chi connectivity index (χ2n) is 4.76. The molecule has 102 valence electrons. The van der Waals surface area contributed by atoms with Crippen LogP contribution in [0.3, 0.4) is 0 Å². The summed E-state index contributed by atoms with van der Waals surface area (Å²) in [6.07, 6.45) is 3.11. The van der Waals surface area contributed by atoms with Crippen molar-refractivity contribution in [2.45, 2.75) is 38.4 Å². The van der Waals surface area contributed by atoms with E-state index in [1.165, 1.54) is 0 Å². The van der Waals surface area contributed by atoms with E-state index in [0.29, 0.717) is 6.47 Å². The number of rotatable bonds is 5. The van der Waals surface area contributed by atoms with Crippen molar-refractivity contribution in [3.05, 3.63) is 35.9 Å². The molecule has 0 unspecified atom stereocenters. The van der Waals surface area contributed by atoms with Crippen molar-refractivity contribution in [3.8, 4) is 0 Å². The predicted octanol–water partition coefficient (Wildman–Crippen LogP) is 2.46. The van der Waals surface area contributed by atoms with Crippen LogP contribution in [0.15, 0.2) is 30.3 Å². The van der Waals surface area contributed by atoms with Crippen molar-refractivity contribution in [2.24, 2.45) is 5.92 Å². The Morgan fingerprint density at radius 1 is 1.21 bits per heavy atom. The summed E-state index contributed by atoms with van der Waals surface area (Å²) in [5, 5.41) is 0. The minimum atomic E-state index is -0.325. The summed E-state index contributed by atoms with van der Waals surface area (Å²) < 4.78 is 10.3. The summed E-state index contributed by atoms with van der Waals surface area (Å²) in [5.41, 5.74) is 0.958. The lowest BCUT2D eigenvalue weighted by molar-refractivity contribution is -0.160. The topological polar surface area (TPSA) is 52.6 Å². The third-order valence-electron chi connectivity index (χ3n) is 3.46. The smallest absolute Gasteiger partial charge is 0.313 e. The monoisotopic (exact) mass is 262 g/mol. The minimum Gasteiger partial charge on any atom is -0.464 e. The maximum Gasteiger partial charge on any atom is 0.313 e. The lowest BCUT2D eigenvalue weighted by Crippen LogP contribution is -2.34. The molecule has 0 radical (unpaired) electrons. The predicted molar refractivity (Wildman–Crippen MR) is 69.1 cm³/mol. The fourth-order valence-corrected chi connectivity index (χ4v) is 2.44. The van der Waals surface area contributed by atoms with Crippen LogP contribution in [0.25, 0.3) is 0 Å². The molecule has 0 spiro atoms.